The maximum Gasteiger partial charge on any atom is 0.231 e. The van der Waals surface area contributed by atoms with E-state index in [1.54, 1.807) is 57.2 Å². The summed E-state index contributed by atoms with van der Waals surface area (Å²) in [7, 11) is 1.51. The predicted molar refractivity (Wildman–Crippen MR) is 148 cm³/mol. The van der Waals surface area contributed by atoms with Gasteiger partial charge in [0, 0.05) is 35.6 Å². The van der Waals surface area contributed by atoms with Crippen molar-refractivity contribution in [2.24, 2.45) is 5.73 Å². The highest BCUT2D eigenvalue weighted by Gasteiger charge is 2.45. The molecule has 2 atom stereocenters. The monoisotopic (exact) mass is 559 g/mol. The summed E-state index contributed by atoms with van der Waals surface area (Å²) in [4.78, 5) is 34.6. The Morgan fingerprint density at radius 1 is 1.17 bits per heavy atom. The summed E-state index contributed by atoms with van der Waals surface area (Å²) < 4.78 is 30.3. The first-order chi connectivity index (χ1) is 19.4. The topological polar surface area (TPSA) is 138 Å². The van der Waals surface area contributed by atoms with Crippen LogP contribution >= 0.6 is 0 Å². The number of amides is 1. The second-order valence-corrected chi connectivity index (χ2v) is 10.6. The smallest absolute Gasteiger partial charge is 0.231 e. The average Bonchev–Trinajstić information content (AvgIpc) is 3.55. The van der Waals surface area contributed by atoms with Crippen LogP contribution in [0, 0.1) is 12.7 Å². The van der Waals surface area contributed by atoms with Crippen molar-refractivity contribution in [1.29, 1.82) is 0 Å². The zero-order chi connectivity index (χ0) is 29.5. The zero-order valence-electron chi connectivity index (χ0n) is 23.2. The van der Waals surface area contributed by atoms with Gasteiger partial charge < -0.3 is 24.7 Å². The lowest BCUT2D eigenvalue weighted by Gasteiger charge is -2.26. The van der Waals surface area contributed by atoms with Gasteiger partial charge in [-0.15, -0.1) is 0 Å². The number of carbonyl (C=O) groups is 2. The van der Waals surface area contributed by atoms with E-state index in [0.29, 0.717) is 51.0 Å². The standard InChI is InChI=1S/C31H30FN3O6/c1-17-34-23(15-40-17)21-10-7-19(13-25(21)39-4)24(36)11-12-31(3,38)26-14-22-28(41-16-30(22,2)29(33)37)27(35-26)18-5-8-20(32)9-6-18/h5-10,13-15,38H,11-12,16H2,1-4H3,(H2,33,37)/t30-,31-/m0/s1. The first-order valence-corrected chi connectivity index (χ1v) is 13.0. The molecule has 5 rings (SSSR count). The lowest BCUT2D eigenvalue weighted by molar-refractivity contribution is -0.123. The summed E-state index contributed by atoms with van der Waals surface area (Å²) in [6.07, 6.45) is 1.54. The third-order valence-electron chi connectivity index (χ3n) is 7.54. The van der Waals surface area contributed by atoms with Crippen LogP contribution in [0.4, 0.5) is 4.39 Å². The molecule has 1 aliphatic rings. The molecule has 0 fully saturated rings. The van der Waals surface area contributed by atoms with Gasteiger partial charge in [0.1, 0.15) is 52.6 Å². The van der Waals surface area contributed by atoms with Crippen molar-refractivity contribution in [3.63, 3.8) is 0 Å². The third kappa shape index (κ3) is 5.18. The SMILES string of the molecule is COc1cc(C(=O)CC[C@](C)(O)c2cc3c(c(-c4ccc(F)cc4)n2)OC[C@]3(C)C(N)=O)ccc1-c1coc(C)n1. The van der Waals surface area contributed by atoms with Crippen LogP contribution in [-0.4, -0.2) is 40.5 Å². The molecule has 0 saturated heterocycles. The number of primary amides is 1. The minimum Gasteiger partial charge on any atom is -0.496 e. The number of methoxy groups -OCH3 is 1. The van der Waals surface area contributed by atoms with Crippen LogP contribution < -0.4 is 15.2 Å². The van der Waals surface area contributed by atoms with E-state index in [9.17, 15) is 19.1 Å². The molecule has 10 heteroatoms. The summed E-state index contributed by atoms with van der Waals surface area (Å²) in [5.41, 5.74) is 6.29. The van der Waals surface area contributed by atoms with Crippen LogP contribution in [0.5, 0.6) is 11.5 Å². The highest BCUT2D eigenvalue weighted by Crippen LogP contribution is 2.46. The van der Waals surface area contributed by atoms with E-state index in [1.807, 2.05) is 0 Å². The van der Waals surface area contributed by atoms with Crippen LogP contribution in [0.2, 0.25) is 0 Å². The molecule has 3 heterocycles. The number of halogens is 1. The lowest BCUT2D eigenvalue weighted by Crippen LogP contribution is -2.40. The number of rotatable bonds is 9. The second-order valence-electron chi connectivity index (χ2n) is 10.6. The first-order valence-electron chi connectivity index (χ1n) is 13.0. The van der Waals surface area contributed by atoms with Crippen molar-refractivity contribution in [2.45, 2.75) is 44.6 Å². The van der Waals surface area contributed by atoms with Crippen LogP contribution in [0.15, 0.2) is 59.2 Å². The fraction of sp³-hybridized carbons (Fsp3) is 0.290. The Hall–Kier alpha value is -4.57. The van der Waals surface area contributed by atoms with Gasteiger partial charge in [-0.05, 0) is 62.7 Å². The molecule has 1 amide bonds. The van der Waals surface area contributed by atoms with E-state index < -0.39 is 22.7 Å². The highest BCUT2D eigenvalue weighted by molar-refractivity contribution is 5.97. The Morgan fingerprint density at radius 3 is 2.54 bits per heavy atom. The van der Waals surface area contributed by atoms with Crippen molar-refractivity contribution < 1.29 is 33.0 Å². The van der Waals surface area contributed by atoms with Gasteiger partial charge in [0.15, 0.2) is 11.7 Å². The Labute approximate surface area is 236 Å². The number of Topliss-reactive ketones (excluding diaryl/α,β-unsaturated/α-hetero) is 1. The highest BCUT2D eigenvalue weighted by atomic mass is 19.1. The minimum atomic E-state index is -1.57. The van der Waals surface area contributed by atoms with E-state index >= 15 is 0 Å². The van der Waals surface area contributed by atoms with Gasteiger partial charge in [-0.25, -0.2) is 14.4 Å². The number of pyridine rings is 1. The van der Waals surface area contributed by atoms with E-state index in [-0.39, 0.29) is 30.9 Å². The third-order valence-corrected chi connectivity index (χ3v) is 7.54. The molecule has 1 aliphatic heterocycles. The van der Waals surface area contributed by atoms with E-state index in [0.717, 1.165) is 0 Å². The number of ether oxygens (including phenoxy) is 2. The molecule has 0 saturated carbocycles. The number of aliphatic hydroxyl groups is 1. The number of carbonyl (C=O) groups excluding carboxylic acids is 2. The van der Waals surface area contributed by atoms with Gasteiger partial charge >= 0.3 is 0 Å². The largest absolute Gasteiger partial charge is 0.496 e. The van der Waals surface area contributed by atoms with Crippen LogP contribution in [0.25, 0.3) is 22.5 Å². The van der Waals surface area contributed by atoms with E-state index in [4.69, 9.17) is 19.6 Å². The molecule has 4 aromatic rings. The summed E-state index contributed by atoms with van der Waals surface area (Å²) >= 11 is 0. The number of nitrogens with zero attached hydrogens (tertiary/aromatic N) is 2. The fourth-order valence-electron chi connectivity index (χ4n) is 4.86. The van der Waals surface area contributed by atoms with Crippen LogP contribution in [-0.2, 0) is 15.8 Å². The van der Waals surface area contributed by atoms with Crippen LogP contribution in [0.1, 0.15) is 54.2 Å². The molecule has 9 nitrogen and oxygen atoms in total. The fourth-order valence-corrected chi connectivity index (χ4v) is 4.86. The van der Waals surface area contributed by atoms with Crippen LogP contribution in [0.3, 0.4) is 0 Å². The minimum absolute atomic E-state index is 0.00333. The number of fused-ring (bicyclic) bond motifs is 1. The van der Waals surface area contributed by atoms with Crippen molar-refractivity contribution >= 4 is 11.7 Å². The molecule has 0 radical (unpaired) electrons. The maximum atomic E-state index is 13.6. The zero-order valence-corrected chi connectivity index (χ0v) is 23.2. The first kappa shape index (κ1) is 28.0. The lowest BCUT2D eigenvalue weighted by atomic mass is 9.81. The van der Waals surface area contributed by atoms with Gasteiger partial charge in [0.05, 0.1) is 12.8 Å². The van der Waals surface area contributed by atoms with Crippen molar-refractivity contribution in [2.75, 3.05) is 13.7 Å². The van der Waals surface area contributed by atoms with Gasteiger partial charge in [0.25, 0.3) is 0 Å². The average molecular weight is 560 g/mol. The second kappa shape index (κ2) is 10.4. The molecule has 0 aliphatic carbocycles. The Morgan fingerprint density at radius 2 is 1.90 bits per heavy atom. The molecule has 212 valence electrons. The molecule has 41 heavy (non-hydrogen) atoms. The molecular formula is C31H30FN3O6. The van der Waals surface area contributed by atoms with Gasteiger partial charge in [0.2, 0.25) is 5.91 Å². The normalized spacial score (nSPS) is 17.4. The quantitative estimate of drug-likeness (QED) is 0.277. The number of ketones is 1. The van der Waals surface area contributed by atoms with E-state index in [1.165, 1.54) is 25.5 Å². The Bertz CT molecular complexity index is 1650. The van der Waals surface area contributed by atoms with Gasteiger partial charge in [-0.3, -0.25) is 9.59 Å². The van der Waals surface area contributed by atoms with Gasteiger partial charge in [-0.2, -0.15) is 0 Å². The van der Waals surface area contributed by atoms with Crippen molar-refractivity contribution in [3.05, 3.63) is 83.3 Å². The molecule has 0 spiro atoms. The number of benzene rings is 2. The molecule has 0 unspecified atom stereocenters. The molecule has 3 N–H and O–H groups in total. The number of hydrogen-bond acceptors (Lipinski definition) is 8. The molecule has 2 aromatic heterocycles. The summed E-state index contributed by atoms with van der Waals surface area (Å²) in [6, 6.07) is 12.3. The summed E-state index contributed by atoms with van der Waals surface area (Å²) in [5.74, 6) is 0.0997. The molecular weight excluding hydrogens is 529 g/mol. The number of oxazole rings is 1. The maximum absolute atomic E-state index is 13.6. The van der Waals surface area contributed by atoms with E-state index in [2.05, 4.69) is 9.97 Å². The Kier molecular flexibility index (Phi) is 7.12. The van der Waals surface area contributed by atoms with Crippen molar-refractivity contribution in [1.82, 2.24) is 9.97 Å². The number of nitrogens with two attached hydrogens (primary N) is 1. The number of aromatic nitrogens is 2. The number of hydrogen-bond donors (Lipinski definition) is 2. The molecule has 0 bridgehead atoms. The van der Waals surface area contributed by atoms with Gasteiger partial charge in [-0.1, -0.05) is 6.07 Å². The van der Waals surface area contributed by atoms with Crippen molar-refractivity contribution in [3.8, 4) is 34.0 Å². The predicted octanol–water partition coefficient (Wildman–Crippen LogP) is 4.87. The summed E-state index contributed by atoms with van der Waals surface area (Å²) in [6.45, 7) is 4.95. The number of aryl methyl sites for hydroxylation is 1. The Balaban J connectivity index is 1.44. The molecule has 2 aromatic carbocycles. The summed E-state index contributed by atoms with van der Waals surface area (Å²) in [5, 5.41) is 11.6.